The summed E-state index contributed by atoms with van der Waals surface area (Å²) in [7, 11) is 1.37. The Morgan fingerprint density at radius 3 is 2.26 bits per heavy atom. The fraction of sp³-hybridized carbons (Fsp3) is 0.310. The lowest BCUT2D eigenvalue weighted by Gasteiger charge is -2.24. The molecule has 0 aromatic heterocycles. The summed E-state index contributed by atoms with van der Waals surface area (Å²) in [5, 5.41) is 18.0. The number of carbonyl (C=O) groups excluding carboxylic acids is 1. The number of urea groups is 1. The van der Waals surface area contributed by atoms with Crippen molar-refractivity contribution in [1.82, 2.24) is 0 Å². The summed E-state index contributed by atoms with van der Waals surface area (Å²) in [6.45, 7) is 1.92. The monoisotopic (exact) mass is 541 g/mol. The van der Waals surface area contributed by atoms with Crippen molar-refractivity contribution in [2.45, 2.75) is 44.8 Å². The number of hydrogen-bond donors (Lipinski definition) is 4. The predicted octanol–water partition coefficient (Wildman–Crippen LogP) is 7.55. The third kappa shape index (κ3) is 7.89. The molecule has 3 aromatic carbocycles. The maximum atomic E-state index is 13.3. The third-order valence-electron chi connectivity index (χ3n) is 6.49. The average molecular weight is 542 g/mol. The zero-order valence-electron chi connectivity index (χ0n) is 21.6. The Morgan fingerprint density at radius 1 is 0.974 bits per heavy atom. The maximum Gasteiger partial charge on any atom is 0.391 e. The van der Waals surface area contributed by atoms with Crippen molar-refractivity contribution in [3.05, 3.63) is 71.8 Å². The van der Waals surface area contributed by atoms with Crippen LogP contribution in [0.3, 0.4) is 0 Å². The molecule has 1 saturated carbocycles. The van der Waals surface area contributed by atoms with E-state index < -0.39 is 30.6 Å². The second-order valence-corrected chi connectivity index (χ2v) is 9.77. The lowest BCUT2D eigenvalue weighted by Crippen LogP contribution is -2.28. The van der Waals surface area contributed by atoms with Crippen LogP contribution in [0.15, 0.2) is 60.7 Å². The van der Waals surface area contributed by atoms with Crippen molar-refractivity contribution < 1.29 is 32.6 Å². The average Bonchev–Trinajstić information content (AvgIpc) is 3.69. The smallest absolute Gasteiger partial charge is 0.391 e. The molecular weight excluding hydrogens is 511 g/mol. The summed E-state index contributed by atoms with van der Waals surface area (Å²) in [6.07, 6.45) is -3.17. The van der Waals surface area contributed by atoms with E-state index in [4.69, 9.17) is 4.74 Å². The molecule has 2 amide bonds. The Labute approximate surface area is 224 Å². The fourth-order valence-corrected chi connectivity index (χ4v) is 4.38. The number of alkyl halides is 3. The van der Waals surface area contributed by atoms with Crippen LogP contribution in [0.25, 0.3) is 11.1 Å². The summed E-state index contributed by atoms with van der Waals surface area (Å²) in [6, 6.07) is 15.2. The highest BCUT2D eigenvalue weighted by Crippen LogP contribution is 2.39. The van der Waals surface area contributed by atoms with E-state index >= 15 is 0 Å². The fourth-order valence-electron chi connectivity index (χ4n) is 4.38. The summed E-state index contributed by atoms with van der Waals surface area (Å²) < 4.78 is 45.1. The van der Waals surface area contributed by atoms with Crippen LogP contribution in [0.1, 0.15) is 41.6 Å². The minimum absolute atomic E-state index is 0.0431. The van der Waals surface area contributed by atoms with E-state index in [1.165, 1.54) is 19.2 Å². The van der Waals surface area contributed by atoms with Crippen molar-refractivity contribution in [3.8, 4) is 16.9 Å². The number of hydrogen-bond acceptors (Lipinski definition) is 4. The molecule has 1 atom stereocenters. The van der Waals surface area contributed by atoms with E-state index in [2.05, 4.69) is 16.0 Å². The van der Waals surface area contributed by atoms with E-state index in [-0.39, 0.29) is 22.9 Å². The number of nitrogens with one attached hydrogen (secondary N) is 3. The molecule has 206 valence electrons. The van der Waals surface area contributed by atoms with E-state index in [1.807, 2.05) is 19.1 Å². The topological polar surface area (TPSA) is 99.7 Å². The number of carboxylic acid groups (broad SMARTS) is 1. The summed E-state index contributed by atoms with van der Waals surface area (Å²) in [4.78, 5) is 24.6. The van der Waals surface area contributed by atoms with Crippen molar-refractivity contribution in [3.63, 3.8) is 0 Å². The Bertz CT molecular complexity index is 1340. The molecule has 39 heavy (non-hydrogen) atoms. The Morgan fingerprint density at radius 2 is 1.64 bits per heavy atom. The van der Waals surface area contributed by atoms with Gasteiger partial charge in [0.15, 0.2) is 0 Å². The molecule has 0 heterocycles. The first-order valence-corrected chi connectivity index (χ1v) is 12.5. The second-order valence-electron chi connectivity index (χ2n) is 9.77. The number of anilines is 3. The van der Waals surface area contributed by atoms with Gasteiger partial charge in [0.25, 0.3) is 0 Å². The highest BCUT2D eigenvalue weighted by atomic mass is 19.4. The van der Waals surface area contributed by atoms with Crippen molar-refractivity contribution in [2.24, 2.45) is 5.92 Å². The second kappa shape index (κ2) is 11.7. The first-order chi connectivity index (χ1) is 18.5. The lowest BCUT2D eigenvalue weighted by molar-refractivity contribution is -0.137. The van der Waals surface area contributed by atoms with Crippen LogP contribution in [-0.4, -0.2) is 36.4 Å². The van der Waals surface area contributed by atoms with Crippen LogP contribution in [0.5, 0.6) is 5.75 Å². The number of aromatic carboxylic acids is 1. The summed E-state index contributed by atoms with van der Waals surface area (Å²) in [5.41, 5.74) is 3.21. The van der Waals surface area contributed by atoms with Gasteiger partial charge < -0.3 is 25.8 Å². The highest BCUT2D eigenvalue weighted by molar-refractivity contribution is 6.02. The van der Waals surface area contributed by atoms with Crippen LogP contribution >= 0.6 is 0 Å². The number of carbonyl (C=O) groups is 2. The van der Waals surface area contributed by atoms with Crippen molar-refractivity contribution in [1.29, 1.82) is 0 Å². The van der Waals surface area contributed by atoms with E-state index in [9.17, 15) is 27.9 Å². The zero-order valence-corrected chi connectivity index (χ0v) is 21.6. The summed E-state index contributed by atoms with van der Waals surface area (Å²) >= 11 is 0. The molecule has 0 spiro atoms. The Kier molecular flexibility index (Phi) is 8.32. The van der Waals surface area contributed by atoms with Gasteiger partial charge in [-0.05, 0) is 66.8 Å². The number of aryl methyl sites for hydroxylation is 1. The molecule has 0 aliphatic heterocycles. The van der Waals surface area contributed by atoms with Crippen LogP contribution in [0.4, 0.5) is 35.0 Å². The number of methoxy groups -OCH3 is 1. The van der Waals surface area contributed by atoms with Gasteiger partial charge in [-0.1, -0.05) is 42.7 Å². The van der Waals surface area contributed by atoms with Crippen LogP contribution in [-0.2, 0) is 0 Å². The molecule has 0 bridgehead atoms. The van der Waals surface area contributed by atoms with Crippen molar-refractivity contribution in [2.75, 3.05) is 23.1 Å². The number of carboxylic acids is 1. The minimum atomic E-state index is -4.35. The quantitative estimate of drug-likeness (QED) is 0.212. The van der Waals surface area contributed by atoms with Crippen LogP contribution in [0.2, 0.25) is 0 Å². The molecule has 4 rings (SSSR count). The molecule has 0 radical (unpaired) electrons. The number of halogens is 3. The molecule has 1 aliphatic carbocycles. The maximum absolute atomic E-state index is 13.3. The molecular formula is C29H30F3N3O4. The normalized spacial score (nSPS) is 13.9. The molecule has 1 aliphatic rings. The van der Waals surface area contributed by atoms with Gasteiger partial charge in [-0.25, -0.2) is 9.59 Å². The zero-order chi connectivity index (χ0) is 28.2. The first kappa shape index (κ1) is 27.8. The summed E-state index contributed by atoms with van der Waals surface area (Å²) in [5.74, 6) is -0.729. The van der Waals surface area contributed by atoms with Crippen LogP contribution < -0.4 is 20.7 Å². The van der Waals surface area contributed by atoms with E-state index in [0.717, 1.165) is 18.4 Å². The molecule has 4 N–H and O–H groups in total. The largest absolute Gasteiger partial charge is 0.496 e. The van der Waals surface area contributed by atoms with Gasteiger partial charge in [0, 0.05) is 11.7 Å². The van der Waals surface area contributed by atoms with Gasteiger partial charge in [-0.15, -0.1) is 0 Å². The third-order valence-corrected chi connectivity index (χ3v) is 6.49. The Hall–Kier alpha value is -4.21. The van der Waals surface area contributed by atoms with Gasteiger partial charge in [0.1, 0.15) is 11.3 Å². The lowest BCUT2D eigenvalue weighted by atomic mass is 10.0. The van der Waals surface area contributed by atoms with E-state index in [1.54, 1.807) is 36.4 Å². The van der Waals surface area contributed by atoms with Gasteiger partial charge in [-0.3, -0.25) is 0 Å². The predicted molar refractivity (Wildman–Crippen MR) is 145 cm³/mol. The molecule has 7 nitrogen and oxygen atoms in total. The molecule has 0 saturated heterocycles. The van der Waals surface area contributed by atoms with E-state index in [0.29, 0.717) is 28.9 Å². The van der Waals surface area contributed by atoms with Gasteiger partial charge in [-0.2, -0.15) is 13.2 Å². The SMILES string of the molecule is COc1ccc(-c2ccc(NC(CC3CC3)CC(F)(F)F)c(NC(=O)Nc3ccc(C)cc3)c2)cc1C(=O)O. The van der Waals surface area contributed by atoms with Gasteiger partial charge in [0.2, 0.25) is 0 Å². The Balaban J connectivity index is 1.66. The number of benzene rings is 3. The van der Waals surface area contributed by atoms with Crippen molar-refractivity contribution >= 4 is 29.1 Å². The van der Waals surface area contributed by atoms with Crippen LogP contribution in [0, 0.1) is 12.8 Å². The molecule has 10 heteroatoms. The standard InChI is InChI=1S/C29H30F3N3O4/c1-17-3-9-21(10-4-17)34-28(38)35-25-15-20(19-8-12-26(39-2)23(14-19)27(36)37)7-11-24(25)33-22(13-18-5-6-18)16-29(30,31)32/h3-4,7-12,14-15,18,22,33H,5-6,13,16H2,1-2H3,(H,36,37)(H2,34,35,38). The number of amides is 2. The molecule has 3 aromatic rings. The van der Waals surface area contributed by atoms with Gasteiger partial charge >= 0.3 is 18.2 Å². The van der Waals surface area contributed by atoms with Gasteiger partial charge in [0.05, 0.1) is 24.9 Å². The molecule has 1 unspecified atom stereocenters. The molecule has 1 fully saturated rings. The number of ether oxygens (including phenoxy) is 1. The number of rotatable bonds is 10. The minimum Gasteiger partial charge on any atom is -0.496 e. The first-order valence-electron chi connectivity index (χ1n) is 12.5. The highest BCUT2D eigenvalue weighted by Gasteiger charge is 2.35.